The molecule has 1 saturated heterocycles. The Kier molecular flexibility index (Phi) is 4.56. The summed E-state index contributed by atoms with van der Waals surface area (Å²) in [5.74, 6) is 0.608. The maximum absolute atomic E-state index is 12.6. The maximum Gasteiger partial charge on any atom is 0.251 e. The summed E-state index contributed by atoms with van der Waals surface area (Å²) in [4.78, 5) is 12.6. The van der Waals surface area contributed by atoms with Crippen molar-refractivity contribution in [2.75, 3.05) is 19.8 Å². The van der Waals surface area contributed by atoms with Crippen LogP contribution in [0.5, 0.6) is 0 Å². The van der Waals surface area contributed by atoms with E-state index < -0.39 is 0 Å². The fourth-order valence-corrected chi connectivity index (χ4v) is 3.36. The molecule has 0 saturated carbocycles. The van der Waals surface area contributed by atoms with Crippen molar-refractivity contribution in [3.63, 3.8) is 0 Å². The molecular formula is C17H24N2O2. The first-order chi connectivity index (χ1) is 10.3. The Morgan fingerprint density at radius 1 is 1.38 bits per heavy atom. The summed E-state index contributed by atoms with van der Waals surface area (Å²) in [6.07, 6.45) is 3.01. The van der Waals surface area contributed by atoms with Gasteiger partial charge in [-0.3, -0.25) is 4.79 Å². The minimum Gasteiger partial charge on any atom is -0.381 e. The van der Waals surface area contributed by atoms with Gasteiger partial charge in [-0.1, -0.05) is 12.1 Å². The van der Waals surface area contributed by atoms with E-state index in [1.54, 1.807) is 0 Å². The number of ether oxygens (including phenoxy) is 1. The molecule has 0 bridgehead atoms. The van der Waals surface area contributed by atoms with Gasteiger partial charge in [-0.25, -0.2) is 0 Å². The molecule has 0 spiro atoms. The molecule has 2 N–H and O–H groups in total. The molecule has 4 nitrogen and oxygen atoms in total. The molecule has 1 unspecified atom stereocenters. The van der Waals surface area contributed by atoms with Crippen LogP contribution in [0.3, 0.4) is 0 Å². The molecule has 2 aliphatic heterocycles. The summed E-state index contributed by atoms with van der Waals surface area (Å²) in [6, 6.07) is 6.26. The van der Waals surface area contributed by atoms with E-state index in [1.165, 1.54) is 11.1 Å². The third kappa shape index (κ3) is 3.27. The van der Waals surface area contributed by atoms with Crippen LogP contribution in [0.1, 0.15) is 41.3 Å². The minimum atomic E-state index is 0.0766. The highest BCUT2D eigenvalue weighted by atomic mass is 16.5. The van der Waals surface area contributed by atoms with Gasteiger partial charge in [0.2, 0.25) is 0 Å². The largest absolute Gasteiger partial charge is 0.381 e. The van der Waals surface area contributed by atoms with E-state index in [0.717, 1.165) is 51.1 Å². The Bertz CT molecular complexity index is 510. The molecule has 0 radical (unpaired) electrons. The van der Waals surface area contributed by atoms with Gasteiger partial charge in [0.05, 0.1) is 0 Å². The Morgan fingerprint density at radius 3 is 3.00 bits per heavy atom. The van der Waals surface area contributed by atoms with Crippen LogP contribution in [-0.2, 0) is 17.7 Å². The Hall–Kier alpha value is -1.39. The predicted molar refractivity (Wildman–Crippen MR) is 82.3 cm³/mol. The minimum absolute atomic E-state index is 0.0766. The van der Waals surface area contributed by atoms with Crippen molar-refractivity contribution in [2.45, 2.75) is 38.8 Å². The molecule has 2 heterocycles. The van der Waals surface area contributed by atoms with Crippen LogP contribution in [0.15, 0.2) is 18.2 Å². The average molecular weight is 288 g/mol. The smallest absolute Gasteiger partial charge is 0.251 e. The van der Waals surface area contributed by atoms with Gasteiger partial charge in [0.15, 0.2) is 0 Å². The van der Waals surface area contributed by atoms with Gasteiger partial charge in [0.1, 0.15) is 0 Å². The van der Waals surface area contributed by atoms with Crippen LogP contribution >= 0.6 is 0 Å². The van der Waals surface area contributed by atoms with E-state index in [0.29, 0.717) is 5.92 Å². The molecule has 0 aliphatic carbocycles. The summed E-state index contributed by atoms with van der Waals surface area (Å²) in [6.45, 7) is 5.57. The number of hydrogen-bond donors (Lipinski definition) is 2. The molecule has 1 atom stereocenters. The number of fused-ring (bicyclic) bond motifs is 1. The first kappa shape index (κ1) is 14.5. The topological polar surface area (TPSA) is 50.4 Å². The second kappa shape index (κ2) is 6.58. The SMILES string of the molecule is CC(NC(=O)c1cccc2c1CCNC2)C1CCOCC1. The van der Waals surface area contributed by atoms with Crippen molar-refractivity contribution in [1.29, 1.82) is 0 Å². The third-order valence-corrected chi connectivity index (χ3v) is 4.72. The molecule has 3 rings (SSSR count). The van der Waals surface area contributed by atoms with Gasteiger partial charge in [-0.05, 0) is 55.8 Å². The number of rotatable bonds is 3. The average Bonchev–Trinajstić information content (AvgIpc) is 2.55. The van der Waals surface area contributed by atoms with Crippen molar-refractivity contribution >= 4 is 5.91 Å². The van der Waals surface area contributed by atoms with Crippen LogP contribution in [0.25, 0.3) is 0 Å². The lowest BCUT2D eigenvalue weighted by Gasteiger charge is -2.29. The summed E-state index contributed by atoms with van der Waals surface area (Å²) < 4.78 is 5.39. The summed E-state index contributed by atoms with van der Waals surface area (Å²) in [5.41, 5.74) is 3.33. The van der Waals surface area contributed by atoms with Crippen molar-refractivity contribution in [3.8, 4) is 0 Å². The predicted octanol–water partition coefficient (Wildman–Crippen LogP) is 1.88. The zero-order chi connectivity index (χ0) is 14.7. The molecule has 21 heavy (non-hydrogen) atoms. The number of amides is 1. The quantitative estimate of drug-likeness (QED) is 0.893. The first-order valence-electron chi connectivity index (χ1n) is 7.96. The van der Waals surface area contributed by atoms with Crippen LogP contribution in [-0.4, -0.2) is 31.7 Å². The summed E-state index contributed by atoms with van der Waals surface area (Å²) in [7, 11) is 0. The fraction of sp³-hybridized carbons (Fsp3) is 0.588. The van der Waals surface area contributed by atoms with Crippen LogP contribution in [0.4, 0.5) is 0 Å². The molecule has 4 heteroatoms. The Labute approximate surface area is 126 Å². The number of hydrogen-bond acceptors (Lipinski definition) is 3. The molecule has 1 amide bonds. The first-order valence-corrected chi connectivity index (χ1v) is 7.96. The van der Waals surface area contributed by atoms with E-state index in [-0.39, 0.29) is 11.9 Å². The highest BCUT2D eigenvalue weighted by molar-refractivity contribution is 5.96. The van der Waals surface area contributed by atoms with Crippen molar-refractivity contribution < 1.29 is 9.53 Å². The fourth-order valence-electron chi connectivity index (χ4n) is 3.36. The van der Waals surface area contributed by atoms with Crippen LogP contribution in [0.2, 0.25) is 0 Å². The monoisotopic (exact) mass is 288 g/mol. The van der Waals surface area contributed by atoms with E-state index in [4.69, 9.17) is 4.74 Å². The molecular weight excluding hydrogens is 264 g/mol. The van der Waals surface area contributed by atoms with Crippen LogP contribution < -0.4 is 10.6 Å². The van der Waals surface area contributed by atoms with Crippen molar-refractivity contribution in [2.24, 2.45) is 5.92 Å². The highest BCUT2D eigenvalue weighted by Gasteiger charge is 2.24. The van der Waals surface area contributed by atoms with E-state index in [2.05, 4.69) is 23.6 Å². The van der Waals surface area contributed by atoms with Gasteiger partial charge in [-0.15, -0.1) is 0 Å². The Morgan fingerprint density at radius 2 is 2.19 bits per heavy atom. The lowest BCUT2D eigenvalue weighted by atomic mass is 9.91. The van der Waals surface area contributed by atoms with E-state index in [9.17, 15) is 4.79 Å². The lowest BCUT2D eigenvalue weighted by molar-refractivity contribution is 0.0538. The second-order valence-corrected chi connectivity index (χ2v) is 6.08. The van der Waals surface area contributed by atoms with Gasteiger partial charge < -0.3 is 15.4 Å². The van der Waals surface area contributed by atoms with E-state index in [1.807, 2.05) is 12.1 Å². The van der Waals surface area contributed by atoms with Crippen molar-refractivity contribution in [3.05, 3.63) is 34.9 Å². The van der Waals surface area contributed by atoms with E-state index >= 15 is 0 Å². The zero-order valence-electron chi connectivity index (χ0n) is 12.7. The van der Waals surface area contributed by atoms with Crippen LogP contribution in [0, 0.1) is 5.92 Å². The maximum atomic E-state index is 12.6. The number of nitrogens with one attached hydrogen (secondary N) is 2. The van der Waals surface area contributed by atoms with Gasteiger partial charge in [0.25, 0.3) is 5.91 Å². The molecule has 2 aliphatic rings. The highest BCUT2D eigenvalue weighted by Crippen LogP contribution is 2.21. The van der Waals surface area contributed by atoms with Gasteiger partial charge >= 0.3 is 0 Å². The molecule has 1 fully saturated rings. The summed E-state index contributed by atoms with van der Waals surface area (Å²) >= 11 is 0. The third-order valence-electron chi connectivity index (χ3n) is 4.72. The molecule has 0 aromatic heterocycles. The number of carbonyl (C=O) groups excluding carboxylic acids is 1. The lowest BCUT2D eigenvalue weighted by Crippen LogP contribution is -2.41. The van der Waals surface area contributed by atoms with Gasteiger partial charge in [-0.2, -0.15) is 0 Å². The number of benzene rings is 1. The standard InChI is InChI=1S/C17H24N2O2/c1-12(13-6-9-21-10-7-13)19-17(20)16-4-2-3-14-11-18-8-5-15(14)16/h2-4,12-13,18H,5-11H2,1H3,(H,19,20). The number of carbonyl (C=O) groups is 1. The molecule has 1 aromatic rings. The molecule has 1 aromatic carbocycles. The second-order valence-electron chi connectivity index (χ2n) is 6.08. The zero-order valence-corrected chi connectivity index (χ0v) is 12.7. The Balaban J connectivity index is 1.70. The van der Waals surface area contributed by atoms with Gasteiger partial charge in [0, 0.05) is 31.4 Å². The molecule has 114 valence electrons. The normalized spacial score (nSPS) is 20.6. The van der Waals surface area contributed by atoms with Crippen molar-refractivity contribution in [1.82, 2.24) is 10.6 Å². The summed E-state index contributed by atoms with van der Waals surface area (Å²) in [5, 5.41) is 6.56.